The normalized spacial score (nSPS) is 10.2. The van der Waals surface area contributed by atoms with Crippen molar-refractivity contribution in [3.8, 4) is 5.75 Å². The quantitative estimate of drug-likeness (QED) is 0.886. The van der Waals surface area contributed by atoms with Crippen molar-refractivity contribution in [1.82, 2.24) is 9.55 Å². The molecule has 0 amide bonds. The Morgan fingerprint density at radius 1 is 1.47 bits per heavy atom. The second-order valence-corrected chi connectivity index (χ2v) is 3.87. The van der Waals surface area contributed by atoms with Gasteiger partial charge < -0.3 is 9.84 Å². The predicted molar refractivity (Wildman–Crippen MR) is 67.6 cm³/mol. The van der Waals surface area contributed by atoms with Crippen molar-refractivity contribution in [2.24, 2.45) is 0 Å². The van der Waals surface area contributed by atoms with Crippen molar-refractivity contribution in [2.75, 3.05) is 7.11 Å². The molecule has 2 aromatic rings. The zero-order valence-corrected chi connectivity index (χ0v) is 10.2. The molecule has 0 bridgehead atoms. The highest BCUT2D eigenvalue weighted by Crippen LogP contribution is 2.20. The van der Waals surface area contributed by atoms with Crippen molar-refractivity contribution in [2.45, 2.75) is 6.54 Å². The lowest BCUT2D eigenvalue weighted by molar-refractivity contribution is 0.0693. The van der Waals surface area contributed by atoms with Gasteiger partial charge in [-0.2, -0.15) is 0 Å². The van der Waals surface area contributed by atoms with Crippen molar-refractivity contribution in [3.63, 3.8) is 0 Å². The molecule has 1 aromatic carbocycles. The summed E-state index contributed by atoms with van der Waals surface area (Å²) in [5.41, 5.74) is 0.375. The molecule has 6 nitrogen and oxygen atoms in total. The fourth-order valence-corrected chi connectivity index (χ4v) is 1.72. The van der Waals surface area contributed by atoms with Crippen LogP contribution in [0.25, 0.3) is 0 Å². The van der Waals surface area contributed by atoms with Crippen LogP contribution in [0, 0.1) is 0 Å². The predicted octanol–water partition coefficient (Wildman–Crippen LogP) is 0.998. The van der Waals surface area contributed by atoms with Crippen molar-refractivity contribution in [1.29, 1.82) is 0 Å². The maximum absolute atomic E-state index is 11.5. The van der Waals surface area contributed by atoms with E-state index in [9.17, 15) is 9.59 Å². The Bertz CT molecular complexity index is 664. The molecule has 0 aliphatic carbocycles. The second kappa shape index (κ2) is 5.34. The van der Waals surface area contributed by atoms with Gasteiger partial charge in [-0.05, 0) is 23.8 Å². The minimum Gasteiger partial charge on any atom is -0.496 e. The summed E-state index contributed by atoms with van der Waals surface area (Å²) in [5.74, 6) is -0.785. The smallest absolute Gasteiger partial charge is 0.347 e. The third-order valence-electron chi connectivity index (χ3n) is 2.63. The first-order valence-corrected chi connectivity index (χ1v) is 5.53. The van der Waals surface area contributed by atoms with E-state index in [-0.39, 0.29) is 23.5 Å². The summed E-state index contributed by atoms with van der Waals surface area (Å²) >= 11 is 0. The van der Waals surface area contributed by atoms with Gasteiger partial charge in [0.2, 0.25) is 0 Å². The summed E-state index contributed by atoms with van der Waals surface area (Å²) < 4.78 is 6.37. The first-order valence-electron chi connectivity index (χ1n) is 5.53. The van der Waals surface area contributed by atoms with E-state index >= 15 is 0 Å². The van der Waals surface area contributed by atoms with E-state index in [4.69, 9.17) is 9.84 Å². The van der Waals surface area contributed by atoms with E-state index in [0.29, 0.717) is 5.56 Å². The minimum absolute atomic E-state index is 0.0666. The molecule has 0 aliphatic heterocycles. The first kappa shape index (κ1) is 12.8. The van der Waals surface area contributed by atoms with Crippen LogP contribution in [0.3, 0.4) is 0 Å². The number of methoxy groups -OCH3 is 1. The van der Waals surface area contributed by atoms with Crippen LogP contribution < -0.4 is 10.4 Å². The molecule has 0 saturated heterocycles. The van der Waals surface area contributed by atoms with Crippen LogP contribution in [-0.4, -0.2) is 27.7 Å². The Morgan fingerprint density at radius 3 is 2.89 bits per heavy atom. The van der Waals surface area contributed by atoms with Gasteiger partial charge in [0.15, 0.2) is 0 Å². The number of carboxylic acids is 1. The van der Waals surface area contributed by atoms with Gasteiger partial charge in [-0.25, -0.2) is 14.6 Å². The Balaban J connectivity index is 2.37. The second-order valence-electron chi connectivity index (χ2n) is 3.87. The lowest BCUT2D eigenvalue weighted by Crippen LogP contribution is -2.22. The molecule has 6 heteroatoms. The van der Waals surface area contributed by atoms with Gasteiger partial charge in [-0.1, -0.05) is 6.07 Å². The number of carbonyl (C=O) groups is 1. The Kier molecular flexibility index (Phi) is 3.61. The van der Waals surface area contributed by atoms with E-state index in [1.54, 1.807) is 24.4 Å². The van der Waals surface area contributed by atoms with Crippen LogP contribution in [0.2, 0.25) is 0 Å². The van der Waals surface area contributed by atoms with Gasteiger partial charge in [-0.3, -0.25) is 4.57 Å². The summed E-state index contributed by atoms with van der Waals surface area (Å²) in [6.45, 7) is 0.261. The molecular weight excluding hydrogens is 248 g/mol. The maximum Gasteiger partial charge on any atom is 0.347 e. The van der Waals surface area contributed by atoms with E-state index in [0.717, 1.165) is 0 Å². The molecule has 0 aliphatic rings. The highest BCUT2D eigenvalue weighted by molar-refractivity contribution is 5.91. The SMILES string of the molecule is COc1ccc(Cn2cccnc2=O)cc1C(=O)O. The number of aromatic nitrogens is 2. The third-order valence-corrected chi connectivity index (χ3v) is 2.63. The molecule has 0 spiro atoms. The van der Waals surface area contributed by atoms with E-state index in [2.05, 4.69) is 4.98 Å². The van der Waals surface area contributed by atoms with Crippen molar-refractivity contribution >= 4 is 5.97 Å². The van der Waals surface area contributed by atoms with Gasteiger partial charge in [-0.15, -0.1) is 0 Å². The lowest BCUT2D eigenvalue weighted by atomic mass is 10.1. The highest BCUT2D eigenvalue weighted by atomic mass is 16.5. The number of hydrogen-bond donors (Lipinski definition) is 1. The molecule has 0 fully saturated rings. The number of ether oxygens (including phenoxy) is 1. The van der Waals surface area contributed by atoms with Gasteiger partial charge in [0.05, 0.1) is 13.7 Å². The molecule has 1 heterocycles. The average Bonchev–Trinajstić information content (AvgIpc) is 2.41. The fourth-order valence-electron chi connectivity index (χ4n) is 1.72. The number of rotatable bonds is 4. The van der Waals surface area contributed by atoms with Gasteiger partial charge >= 0.3 is 11.7 Å². The maximum atomic E-state index is 11.5. The largest absolute Gasteiger partial charge is 0.496 e. The lowest BCUT2D eigenvalue weighted by Gasteiger charge is -2.08. The number of hydrogen-bond acceptors (Lipinski definition) is 4. The number of nitrogens with zero attached hydrogens (tertiary/aromatic N) is 2. The molecule has 19 heavy (non-hydrogen) atoms. The number of carboxylic acid groups (broad SMARTS) is 1. The molecule has 1 N–H and O–H groups in total. The molecule has 0 atom stereocenters. The van der Waals surface area contributed by atoms with Gasteiger partial charge in [0, 0.05) is 12.4 Å². The zero-order chi connectivity index (χ0) is 13.8. The van der Waals surface area contributed by atoms with Crippen LogP contribution in [0.4, 0.5) is 0 Å². The molecule has 0 radical (unpaired) electrons. The summed E-state index contributed by atoms with van der Waals surface area (Å²) in [7, 11) is 1.41. The summed E-state index contributed by atoms with van der Waals surface area (Å²) in [4.78, 5) is 26.2. The Morgan fingerprint density at radius 2 is 2.26 bits per heavy atom. The van der Waals surface area contributed by atoms with Crippen LogP contribution >= 0.6 is 0 Å². The summed E-state index contributed by atoms with van der Waals surface area (Å²) in [6.07, 6.45) is 3.01. The van der Waals surface area contributed by atoms with E-state index < -0.39 is 5.97 Å². The van der Waals surface area contributed by atoms with Gasteiger partial charge in [0.25, 0.3) is 0 Å². The molecule has 98 valence electrons. The third kappa shape index (κ3) is 2.79. The number of aromatic carboxylic acids is 1. The van der Waals surface area contributed by atoms with Crippen molar-refractivity contribution in [3.05, 3.63) is 58.3 Å². The Hall–Kier alpha value is -2.63. The fraction of sp³-hybridized carbons (Fsp3) is 0.154. The van der Waals surface area contributed by atoms with Crippen LogP contribution in [0.15, 0.2) is 41.5 Å². The van der Waals surface area contributed by atoms with Crippen LogP contribution in [-0.2, 0) is 6.54 Å². The molecular formula is C13H12N2O4. The minimum atomic E-state index is -1.07. The molecule has 0 unspecified atom stereocenters. The van der Waals surface area contributed by atoms with Crippen LogP contribution in [0.5, 0.6) is 5.75 Å². The topological polar surface area (TPSA) is 81.4 Å². The monoisotopic (exact) mass is 260 g/mol. The zero-order valence-electron chi connectivity index (χ0n) is 10.2. The van der Waals surface area contributed by atoms with E-state index in [1.165, 1.54) is 23.9 Å². The number of benzene rings is 1. The molecule has 0 saturated carbocycles. The van der Waals surface area contributed by atoms with Crippen molar-refractivity contribution < 1.29 is 14.6 Å². The average molecular weight is 260 g/mol. The summed E-state index contributed by atoms with van der Waals surface area (Å²) in [6, 6.07) is 6.41. The molecule has 2 rings (SSSR count). The van der Waals surface area contributed by atoms with E-state index in [1.807, 2.05) is 0 Å². The summed E-state index contributed by atoms with van der Waals surface area (Å²) in [5, 5.41) is 9.08. The van der Waals surface area contributed by atoms with Crippen LogP contribution in [0.1, 0.15) is 15.9 Å². The molecule has 1 aromatic heterocycles. The first-order chi connectivity index (χ1) is 9.11. The highest BCUT2D eigenvalue weighted by Gasteiger charge is 2.11. The Labute approximate surface area is 108 Å². The van der Waals surface area contributed by atoms with Gasteiger partial charge in [0.1, 0.15) is 11.3 Å². The standard InChI is InChI=1S/C13H12N2O4/c1-19-11-4-3-9(7-10(11)12(16)17)8-15-6-2-5-14-13(15)18/h2-7H,8H2,1H3,(H,16,17).